The number of nitrogens with zero attached hydrogens (tertiary/aromatic N) is 1. The van der Waals surface area contributed by atoms with Crippen LogP contribution in [0.5, 0.6) is 0 Å². The minimum Gasteiger partial charge on any atom is -0.339 e. The normalized spacial score (nSPS) is 19.1. The maximum atomic E-state index is 11.8. The van der Waals surface area contributed by atoms with Crippen LogP contribution in [0.15, 0.2) is 12.2 Å². The molecule has 1 heterocycles. The quantitative estimate of drug-likeness (QED) is 0.611. The zero-order chi connectivity index (χ0) is 10.6. The largest absolute Gasteiger partial charge is 0.339 e. The molecule has 1 aliphatic rings. The van der Waals surface area contributed by atoms with E-state index in [1.165, 1.54) is 0 Å². The van der Waals surface area contributed by atoms with E-state index >= 15 is 0 Å². The molecule has 0 saturated carbocycles. The monoisotopic (exact) mass is 197 g/mol. The Morgan fingerprint density at radius 3 is 2.64 bits per heavy atom. The van der Waals surface area contributed by atoms with E-state index in [1.807, 2.05) is 11.8 Å². The molecule has 4 nitrogen and oxygen atoms in total. The summed E-state index contributed by atoms with van der Waals surface area (Å²) in [7, 11) is 0. The third kappa shape index (κ3) is 3.12. The first-order valence-corrected chi connectivity index (χ1v) is 5.00. The van der Waals surface area contributed by atoms with Crippen molar-refractivity contribution in [2.75, 3.05) is 26.2 Å². The van der Waals surface area contributed by atoms with Gasteiger partial charge in [0.2, 0.25) is 5.91 Å². The van der Waals surface area contributed by atoms with Gasteiger partial charge in [0.1, 0.15) is 0 Å². The Balaban J connectivity index is 2.42. The number of amides is 1. The van der Waals surface area contributed by atoms with Crippen molar-refractivity contribution in [3.05, 3.63) is 12.2 Å². The van der Waals surface area contributed by atoms with Crippen LogP contribution in [0.4, 0.5) is 0 Å². The van der Waals surface area contributed by atoms with Crippen molar-refractivity contribution < 1.29 is 4.79 Å². The Morgan fingerprint density at radius 2 is 2.14 bits per heavy atom. The minimum absolute atomic E-state index is 0.0505. The van der Waals surface area contributed by atoms with Gasteiger partial charge in [0.15, 0.2) is 0 Å². The van der Waals surface area contributed by atoms with E-state index in [1.54, 1.807) is 0 Å². The second-order valence-electron chi connectivity index (χ2n) is 3.84. The van der Waals surface area contributed by atoms with Gasteiger partial charge in [-0.2, -0.15) is 0 Å². The van der Waals surface area contributed by atoms with Crippen molar-refractivity contribution in [3.8, 4) is 0 Å². The molecular formula is C10H19N3O. The van der Waals surface area contributed by atoms with Gasteiger partial charge in [-0.05, 0) is 13.3 Å². The number of nitrogens with one attached hydrogen (secondary N) is 1. The summed E-state index contributed by atoms with van der Waals surface area (Å²) in [5, 5.41) is 3.20. The maximum absolute atomic E-state index is 11.8. The van der Waals surface area contributed by atoms with Gasteiger partial charge in [-0.25, -0.2) is 0 Å². The summed E-state index contributed by atoms with van der Waals surface area (Å²) in [5.74, 6) is 0.0505. The summed E-state index contributed by atoms with van der Waals surface area (Å²) in [6.07, 6.45) is 0.586. The van der Waals surface area contributed by atoms with Gasteiger partial charge < -0.3 is 16.0 Å². The highest BCUT2D eigenvalue weighted by molar-refractivity contribution is 5.82. The predicted molar refractivity (Wildman–Crippen MR) is 56.9 cm³/mol. The van der Waals surface area contributed by atoms with E-state index in [2.05, 4.69) is 11.9 Å². The summed E-state index contributed by atoms with van der Waals surface area (Å²) in [4.78, 5) is 13.6. The molecule has 3 N–H and O–H groups in total. The SMILES string of the molecule is C=C(C)CC(N)C(=O)N1CCNCC1. The van der Waals surface area contributed by atoms with E-state index in [-0.39, 0.29) is 5.91 Å². The molecule has 0 aromatic carbocycles. The summed E-state index contributed by atoms with van der Waals surface area (Å²) >= 11 is 0. The van der Waals surface area contributed by atoms with Gasteiger partial charge >= 0.3 is 0 Å². The van der Waals surface area contributed by atoms with Crippen LogP contribution in [-0.2, 0) is 4.79 Å². The third-order valence-electron chi connectivity index (χ3n) is 2.31. The molecule has 0 spiro atoms. The lowest BCUT2D eigenvalue weighted by molar-refractivity contribution is -0.133. The first-order valence-electron chi connectivity index (χ1n) is 5.00. The highest BCUT2D eigenvalue weighted by Crippen LogP contribution is 2.04. The Kier molecular flexibility index (Phi) is 4.10. The molecule has 1 saturated heterocycles. The average molecular weight is 197 g/mol. The molecule has 0 aromatic rings. The number of carbonyl (C=O) groups is 1. The molecule has 1 amide bonds. The molecule has 1 fully saturated rings. The standard InChI is InChI=1S/C10H19N3O/c1-8(2)7-9(11)10(14)13-5-3-12-4-6-13/h9,12H,1,3-7,11H2,2H3. The fourth-order valence-electron chi connectivity index (χ4n) is 1.58. The molecule has 0 bridgehead atoms. The van der Waals surface area contributed by atoms with E-state index in [9.17, 15) is 4.79 Å². The zero-order valence-corrected chi connectivity index (χ0v) is 8.75. The summed E-state index contributed by atoms with van der Waals surface area (Å²) in [6.45, 7) is 8.92. The highest BCUT2D eigenvalue weighted by atomic mass is 16.2. The van der Waals surface area contributed by atoms with E-state index in [4.69, 9.17) is 5.73 Å². The number of nitrogens with two attached hydrogens (primary N) is 1. The van der Waals surface area contributed by atoms with Crippen LogP contribution < -0.4 is 11.1 Å². The first kappa shape index (κ1) is 11.2. The Hall–Kier alpha value is -0.870. The summed E-state index contributed by atoms with van der Waals surface area (Å²) in [6, 6.07) is -0.411. The highest BCUT2D eigenvalue weighted by Gasteiger charge is 2.21. The number of hydrogen-bond acceptors (Lipinski definition) is 3. The van der Waals surface area contributed by atoms with Crippen molar-refractivity contribution in [1.82, 2.24) is 10.2 Å². The Morgan fingerprint density at radius 1 is 1.57 bits per heavy atom. The minimum atomic E-state index is -0.411. The van der Waals surface area contributed by atoms with Crippen LogP contribution in [0.25, 0.3) is 0 Å². The van der Waals surface area contributed by atoms with Crippen LogP contribution in [0.3, 0.4) is 0 Å². The molecule has 14 heavy (non-hydrogen) atoms. The van der Waals surface area contributed by atoms with Gasteiger partial charge in [0.05, 0.1) is 6.04 Å². The second-order valence-corrected chi connectivity index (χ2v) is 3.84. The lowest BCUT2D eigenvalue weighted by Gasteiger charge is -2.29. The van der Waals surface area contributed by atoms with Crippen LogP contribution in [0.1, 0.15) is 13.3 Å². The van der Waals surface area contributed by atoms with Crippen molar-refractivity contribution in [2.45, 2.75) is 19.4 Å². The average Bonchev–Trinajstić information content (AvgIpc) is 2.17. The van der Waals surface area contributed by atoms with Crippen molar-refractivity contribution >= 4 is 5.91 Å². The topological polar surface area (TPSA) is 58.4 Å². The Bertz CT molecular complexity index is 221. The molecule has 0 radical (unpaired) electrons. The third-order valence-corrected chi connectivity index (χ3v) is 2.31. The first-order chi connectivity index (χ1) is 6.61. The van der Waals surface area contributed by atoms with Crippen molar-refractivity contribution in [3.63, 3.8) is 0 Å². The van der Waals surface area contributed by atoms with Crippen molar-refractivity contribution in [2.24, 2.45) is 5.73 Å². The van der Waals surface area contributed by atoms with Gasteiger partial charge in [-0.15, -0.1) is 6.58 Å². The van der Waals surface area contributed by atoms with Crippen LogP contribution in [0, 0.1) is 0 Å². The molecule has 1 rings (SSSR count). The number of rotatable bonds is 3. The fraction of sp³-hybridized carbons (Fsp3) is 0.700. The van der Waals surface area contributed by atoms with E-state index in [0.717, 1.165) is 31.8 Å². The van der Waals surface area contributed by atoms with E-state index in [0.29, 0.717) is 6.42 Å². The molecular weight excluding hydrogens is 178 g/mol. The number of hydrogen-bond donors (Lipinski definition) is 2. The maximum Gasteiger partial charge on any atom is 0.239 e. The lowest BCUT2D eigenvalue weighted by atomic mass is 10.1. The van der Waals surface area contributed by atoms with Crippen LogP contribution >= 0.6 is 0 Å². The molecule has 0 aromatic heterocycles. The number of piperazine rings is 1. The molecule has 1 atom stereocenters. The predicted octanol–water partition coefficient (Wildman–Crippen LogP) is -0.288. The fourth-order valence-corrected chi connectivity index (χ4v) is 1.58. The Labute approximate surface area is 85.1 Å². The number of carbonyl (C=O) groups excluding carboxylic acids is 1. The molecule has 80 valence electrons. The van der Waals surface area contributed by atoms with Crippen molar-refractivity contribution in [1.29, 1.82) is 0 Å². The van der Waals surface area contributed by atoms with Gasteiger partial charge in [-0.1, -0.05) is 5.57 Å². The zero-order valence-electron chi connectivity index (χ0n) is 8.75. The van der Waals surface area contributed by atoms with Gasteiger partial charge in [0, 0.05) is 26.2 Å². The summed E-state index contributed by atoms with van der Waals surface area (Å²) in [5.41, 5.74) is 6.74. The molecule has 4 heteroatoms. The smallest absolute Gasteiger partial charge is 0.239 e. The molecule has 0 aliphatic carbocycles. The van der Waals surface area contributed by atoms with Crippen LogP contribution in [-0.4, -0.2) is 43.0 Å². The lowest BCUT2D eigenvalue weighted by Crippen LogP contribution is -2.51. The van der Waals surface area contributed by atoms with Gasteiger partial charge in [0.25, 0.3) is 0 Å². The van der Waals surface area contributed by atoms with Gasteiger partial charge in [-0.3, -0.25) is 4.79 Å². The molecule has 1 unspecified atom stereocenters. The molecule has 1 aliphatic heterocycles. The summed E-state index contributed by atoms with van der Waals surface area (Å²) < 4.78 is 0. The second kappa shape index (κ2) is 5.12. The van der Waals surface area contributed by atoms with E-state index < -0.39 is 6.04 Å². The van der Waals surface area contributed by atoms with Crippen LogP contribution in [0.2, 0.25) is 0 Å².